The van der Waals surface area contributed by atoms with Gasteiger partial charge in [-0.2, -0.15) is 0 Å². The molecular weight excluding hydrogens is 354 g/mol. The monoisotopic (exact) mass is 379 g/mol. The van der Waals surface area contributed by atoms with Gasteiger partial charge in [0.1, 0.15) is 10.0 Å². The molecule has 0 saturated carbocycles. The van der Waals surface area contributed by atoms with E-state index >= 15 is 0 Å². The van der Waals surface area contributed by atoms with Gasteiger partial charge in [0.2, 0.25) is 0 Å². The molecule has 0 unspecified atom stereocenters. The Morgan fingerprint density at radius 3 is 2.44 bits per heavy atom. The summed E-state index contributed by atoms with van der Waals surface area (Å²) in [5, 5.41) is 20.5. The van der Waals surface area contributed by atoms with Crippen molar-refractivity contribution in [2.24, 2.45) is 0 Å². The fourth-order valence-electron chi connectivity index (χ4n) is 3.73. The molecule has 0 spiro atoms. The van der Waals surface area contributed by atoms with E-state index in [9.17, 15) is 5.11 Å². The van der Waals surface area contributed by atoms with E-state index in [4.69, 9.17) is 0 Å². The molecule has 0 amide bonds. The molecule has 140 valence electrons. The molecule has 1 aliphatic rings. The first kappa shape index (κ1) is 18.1. The van der Waals surface area contributed by atoms with Crippen LogP contribution in [0.4, 0.5) is 5.69 Å². The highest BCUT2D eigenvalue weighted by Gasteiger charge is 2.28. The number of benzene rings is 2. The van der Waals surface area contributed by atoms with Gasteiger partial charge in [-0.25, -0.2) is 0 Å². The van der Waals surface area contributed by atoms with Crippen molar-refractivity contribution in [3.63, 3.8) is 0 Å². The molecule has 5 heteroatoms. The number of aliphatic hydroxyl groups excluding tert-OH is 1. The Balaban J connectivity index is 1.64. The van der Waals surface area contributed by atoms with Gasteiger partial charge in [0.05, 0.1) is 13.2 Å². The van der Waals surface area contributed by atoms with Crippen molar-refractivity contribution in [2.75, 3.05) is 4.90 Å². The summed E-state index contributed by atoms with van der Waals surface area (Å²) < 4.78 is 0. The number of fused-ring (bicyclic) bond motifs is 1. The molecule has 1 heterocycles. The van der Waals surface area contributed by atoms with E-state index in [1.165, 1.54) is 11.1 Å². The van der Waals surface area contributed by atoms with Gasteiger partial charge in [-0.15, -0.1) is 10.2 Å². The second-order valence-electron chi connectivity index (χ2n) is 7.48. The van der Waals surface area contributed by atoms with Gasteiger partial charge in [0.15, 0.2) is 0 Å². The molecule has 1 aromatic heterocycles. The summed E-state index contributed by atoms with van der Waals surface area (Å²) in [6.45, 7) is 5.11. The Labute approximate surface area is 164 Å². The van der Waals surface area contributed by atoms with Crippen LogP contribution in [-0.2, 0) is 26.0 Å². The lowest BCUT2D eigenvalue weighted by Crippen LogP contribution is -2.35. The molecule has 4 rings (SSSR count). The van der Waals surface area contributed by atoms with Crippen LogP contribution in [0.1, 0.15) is 46.5 Å². The van der Waals surface area contributed by atoms with Crippen molar-refractivity contribution in [2.45, 2.75) is 51.8 Å². The van der Waals surface area contributed by atoms with Crippen LogP contribution in [0.25, 0.3) is 0 Å². The van der Waals surface area contributed by atoms with Crippen molar-refractivity contribution in [1.29, 1.82) is 0 Å². The van der Waals surface area contributed by atoms with Crippen molar-refractivity contribution >= 4 is 17.0 Å². The van der Waals surface area contributed by atoms with Gasteiger partial charge in [0, 0.05) is 17.6 Å². The van der Waals surface area contributed by atoms with E-state index in [-0.39, 0.29) is 6.61 Å². The lowest BCUT2D eigenvalue weighted by atomic mass is 10.1. The zero-order valence-corrected chi connectivity index (χ0v) is 16.6. The standard InChI is InChI=1S/C22H25N3OS/c1-15(2)22-24-23-21(27-22)13-25(19-9-5-6-16(10-19)14-26)20-11-17-7-3-4-8-18(17)12-20/h3-10,15,20,26H,11-14H2,1-2H3. The number of hydrogen-bond acceptors (Lipinski definition) is 5. The first-order valence-corrected chi connectivity index (χ1v) is 10.3. The molecule has 1 N–H and O–H groups in total. The third-order valence-electron chi connectivity index (χ3n) is 5.18. The number of aromatic nitrogens is 2. The highest BCUT2D eigenvalue weighted by Crippen LogP contribution is 2.31. The third-order valence-corrected chi connectivity index (χ3v) is 6.39. The van der Waals surface area contributed by atoms with E-state index in [0.29, 0.717) is 12.0 Å². The van der Waals surface area contributed by atoms with E-state index < -0.39 is 0 Å². The summed E-state index contributed by atoms with van der Waals surface area (Å²) in [7, 11) is 0. The first-order chi connectivity index (χ1) is 13.1. The highest BCUT2D eigenvalue weighted by atomic mass is 32.1. The first-order valence-electron chi connectivity index (χ1n) is 9.49. The Morgan fingerprint density at radius 2 is 1.81 bits per heavy atom. The summed E-state index contributed by atoms with van der Waals surface area (Å²) in [4.78, 5) is 2.43. The smallest absolute Gasteiger partial charge is 0.136 e. The predicted octanol–water partition coefficient (Wildman–Crippen LogP) is 4.33. The number of aliphatic hydroxyl groups is 1. The normalized spacial score (nSPS) is 13.9. The summed E-state index contributed by atoms with van der Waals surface area (Å²) >= 11 is 1.70. The zero-order valence-electron chi connectivity index (χ0n) is 15.8. The highest BCUT2D eigenvalue weighted by molar-refractivity contribution is 7.11. The number of rotatable bonds is 6. The quantitative estimate of drug-likeness (QED) is 0.693. The molecule has 0 atom stereocenters. The maximum absolute atomic E-state index is 9.57. The minimum atomic E-state index is 0.0584. The van der Waals surface area contributed by atoms with Crippen LogP contribution in [0.15, 0.2) is 48.5 Å². The number of nitrogens with zero attached hydrogens (tertiary/aromatic N) is 3. The molecule has 0 aliphatic heterocycles. The Hall–Kier alpha value is -2.24. The molecule has 1 aliphatic carbocycles. The van der Waals surface area contributed by atoms with Crippen molar-refractivity contribution in [3.8, 4) is 0 Å². The molecule has 0 radical (unpaired) electrons. The minimum absolute atomic E-state index is 0.0584. The molecule has 2 aromatic carbocycles. The number of anilines is 1. The van der Waals surface area contributed by atoms with Gasteiger partial charge in [-0.1, -0.05) is 61.6 Å². The zero-order chi connectivity index (χ0) is 18.8. The molecular formula is C22H25N3OS. The van der Waals surface area contributed by atoms with E-state index in [1.54, 1.807) is 11.3 Å². The summed E-state index contributed by atoms with van der Waals surface area (Å²) in [5.41, 5.74) is 4.95. The molecule has 0 saturated heterocycles. The Bertz CT molecular complexity index is 896. The summed E-state index contributed by atoms with van der Waals surface area (Å²) in [5.74, 6) is 0.401. The fourth-order valence-corrected chi connectivity index (χ4v) is 4.57. The SMILES string of the molecule is CC(C)c1nnc(CN(c2cccc(CO)c2)C2Cc3ccccc3C2)s1. The van der Waals surface area contributed by atoms with Crippen LogP contribution < -0.4 is 4.90 Å². The predicted molar refractivity (Wildman–Crippen MR) is 110 cm³/mol. The van der Waals surface area contributed by atoms with Crippen LogP contribution in [0, 0.1) is 0 Å². The minimum Gasteiger partial charge on any atom is -0.392 e. The van der Waals surface area contributed by atoms with Gasteiger partial charge in [-0.05, 0) is 41.7 Å². The molecule has 0 bridgehead atoms. The van der Waals surface area contributed by atoms with E-state index in [0.717, 1.165) is 40.7 Å². The topological polar surface area (TPSA) is 49.2 Å². The van der Waals surface area contributed by atoms with Crippen molar-refractivity contribution < 1.29 is 5.11 Å². The Morgan fingerprint density at radius 1 is 1.07 bits per heavy atom. The van der Waals surface area contributed by atoms with Crippen LogP contribution in [-0.4, -0.2) is 21.3 Å². The summed E-state index contributed by atoms with van der Waals surface area (Å²) in [6.07, 6.45) is 2.07. The molecule has 4 nitrogen and oxygen atoms in total. The lowest BCUT2D eigenvalue weighted by Gasteiger charge is -2.30. The molecule has 0 fully saturated rings. The fraction of sp³-hybridized carbons (Fsp3) is 0.364. The van der Waals surface area contributed by atoms with Crippen LogP contribution in [0.2, 0.25) is 0 Å². The van der Waals surface area contributed by atoms with Crippen molar-refractivity contribution in [1.82, 2.24) is 10.2 Å². The second kappa shape index (κ2) is 7.79. The number of hydrogen-bond donors (Lipinski definition) is 1. The van der Waals surface area contributed by atoms with Crippen LogP contribution in [0.5, 0.6) is 0 Å². The largest absolute Gasteiger partial charge is 0.392 e. The lowest BCUT2D eigenvalue weighted by molar-refractivity contribution is 0.282. The van der Waals surface area contributed by atoms with E-state index in [1.807, 2.05) is 12.1 Å². The molecule has 3 aromatic rings. The maximum atomic E-state index is 9.57. The van der Waals surface area contributed by atoms with Crippen LogP contribution >= 0.6 is 11.3 Å². The van der Waals surface area contributed by atoms with Crippen LogP contribution in [0.3, 0.4) is 0 Å². The maximum Gasteiger partial charge on any atom is 0.136 e. The average Bonchev–Trinajstić information content (AvgIpc) is 3.33. The molecule has 27 heavy (non-hydrogen) atoms. The van der Waals surface area contributed by atoms with Crippen molar-refractivity contribution in [3.05, 3.63) is 75.2 Å². The summed E-state index contributed by atoms with van der Waals surface area (Å²) in [6, 6.07) is 17.3. The van der Waals surface area contributed by atoms with Gasteiger partial charge in [0.25, 0.3) is 0 Å². The Kier molecular flexibility index (Phi) is 5.23. The van der Waals surface area contributed by atoms with Gasteiger partial charge < -0.3 is 10.0 Å². The van der Waals surface area contributed by atoms with Gasteiger partial charge >= 0.3 is 0 Å². The van der Waals surface area contributed by atoms with E-state index in [2.05, 4.69) is 65.3 Å². The second-order valence-corrected chi connectivity index (χ2v) is 8.57. The average molecular weight is 380 g/mol. The van der Waals surface area contributed by atoms with Gasteiger partial charge in [-0.3, -0.25) is 0 Å². The third kappa shape index (κ3) is 3.89.